The number of aromatic nitrogens is 1. The third kappa shape index (κ3) is 5.01. The molecule has 1 rings (SSSR count). The van der Waals surface area contributed by atoms with Crippen molar-refractivity contribution >= 4 is 16.5 Å². The molecule has 0 fully saturated rings. The maximum absolute atomic E-state index is 11.8. The molecule has 0 radical (unpaired) electrons. The van der Waals surface area contributed by atoms with Gasteiger partial charge in [0, 0.05) is 18.3 Å². The first-order valence-electron chi connectivity index (χ1n) is 4.76. The number of aryl methyl sites for hydroxylation is 1. The van der Waals surface area contributed by atoms with Gasteiger partial charge in [-0.15, -0.1) is 11.3 Å². The van der Waals surface area contributed by atoms with Crippen molar-refractivity contribution in [2.45, 2.75) is 32.4 Å². The summed E-state index contributed by atoms with van der Waals surface area (Å²) in [5.41, 5.74) is 0.971. The minimum absolute atomic E-state index is 0.0878. The SMILES string of the molecule is CCc1csc(NCCCC(F)(F)F)n1. The number of alkyl halides is 3. The predicted molar refractivity (Wildman–Crippen MR) is 55.3 cm³/mol. The van der Waals surface area contributed by atoms with E-state index in [1.165, 1.54) is 11.3 Å². The Balaban J connectivity index is 2.20. The Labute approximate surface area is 90.5 Å². The molecule has 0 amide bonds. The first-order valence-corrected chi connectivity index (χ1v) is 5.64. The molecule has 0 aliphatic heterocycles. The van der Waals surface area contributed by atoms with Crippen LogP contribution in [0.1, 0.15) is 25.5 Å². The summed E-state index contributed by atoms with van der Waals surface area (Å²) in [6, 6.07) is 0. The molecule has 86 valence electrons. The lowest BCUT2D eigenvalue weighted by atomic mass is 10.3. The highest BCUT2D eigenvalue weighted by Gasteiger charge is 2.25. The smallest absolute Gasteiger partial charge is 0.362 e. The highest BCUT2D eigenvalue weighted by Crippen LogP contribution is 2.21. The number of thiazole rings is 1. The van der Waals surface area contributed by atoms with Crippen molar-refractivity contribution in [3.8, 4) is 0 Å². The minimum atomic E-state index is -4.06. The number of hydrogen-bond donors (Lipinski definition) is 1. The highest BCUT2D eigenvalue weighted by molar-refractivity contribution is 7.13. The van der Waals surface area contributed by atoms with E-state index >= 15 is 0 Å². The Morgan fingerprint density at radius 1 is 1.47 bits per heavy atom. The standard InChI is InChI=1S/C9H13F3N2S/c1-2-7-6-15-8(14-7)13-5-3-4-9(10,11)12/h6H,2-5H2,1H3,(H,13,14). The van der Waals surface area contributed by atoms with Crippen molar-refractivity contribution < 1.29 is 13.2 Å². The van der Waals surface area contributed by atoms with E-state index in [9.17, 15) is 13.2 Å². The summed E-state index contributed by atoms with van der Waals surface area (Å²) in [6.45, 7) is 2.30. The van der Waals surface area contributed by atoms with Gasteiger partial charge in [0.05, 0.1) is 5.69 Å². The van der Waals surface area contributed by atoms with Crippen LogP contribution in [0.15, 0.2) is 5.38 Å². The fourth-order valence-electron chi connectivity index (χ4n) is 1.03. The molecule has 1 N–H and O–H groups in total. The van der Waals surface area contributed by atoms with E-state index < -0.39 is 12.6 Å². The van der Waals surface area contributed by atoms with Gasteiger partial charge in [0.25, 0.3) is 0 Å². The van der Waals surface area contributed by atoms with Gasteiger partial charge in [-0.25, -0.2) is 4.98 Å². The Bertz CT molecular complexity index is 296. The molecule has 15 heavy (non-hydrogen) atoms. The second-order valence-corrected chi connectivity index (χ2v) is 4.00. The highest BCUT2D eigenvalue weighted by atomic mass is 32.1. The van der Waals surface area contributed by atoms with Crippen molar-refractivity contribution in [3.05, 3.63) is 11.1 Å². The van der Waals surface area contributed by atoms with Gasteiger partial charge >= 0.3 is 6.18 Å². The van der Waals surface area contributed by atoms with Crippen molar-refractivity contribution in [2.75, 3.05) is 11.9 Å². The second-order valence-electron chi connectivity index (χ2n) is 3.14. The zero-order valence-corrected chi connectivity index (χ0v) is 9.21. The van der Waals surface area contributed by atoms with Crippen molar-refractivity contribution in [2.24, 2.45) is 0 Å². The summed E-state index contributed by atoms with van der Waals surface area (Å²) < 4.78 is 35.4. The largest absolute Gasteiger partial charge is 0.389 e. The summed E-state index contributed by atoms with van der Waals surface area (Å²) in [5, 5.41) is 5.49. The van der Waals surface area contributed by atoms with Gasteiger partial charge in [-0.3, -0.25) is 0 Å². The number of anilines is 1. The first-order chi connectivity index (χ1) is 7.01. The molecule has 0 aliphatic rings. The van der Waals surface area contributed by atoms with Crippen LogP contribution in [-0.2, 0) is 6.42 Å². The maximum Gasteiger partial charge on any atom is 0.389 e. The van der Waals surface area contributed by atoms with Crippen molar-refractivity contribution in [1.29, 1.82) is 0 Å². The van der Waals surface area contributed by atoms with Gasteiger partial charge in [0.2, 0.25) is 0 Å². The van der Waals surface area contributed by atoms with Crippen LogP contribution in [0.25, 0.3) is 0 Å². The van der Waals surface area contributed by atoms with E-state index in [1.807, 2.05) is 12.3 Å². The summed E-state index contributed by atoms with van der Waals surface area (Å²) >= 11 is 1.43. The fourth-order valence-corrected chi connectivity index (χ4v) is 1.86. The number of hydrogen-bond acceptors (Lipinski definition) is 3. The Kier molecular flexibility index (Phi) is 4.38. The van der Waals surface area contributed by atoms with Crippen LogP contribution in [0, 0.1) is 0 Å². The van der Waals surface area contributed by atoms with Gasteiger partial charge in [-0.05, 0) is 12.8 Å². The Morgan fingerprint density at radius 3 is 2.73 bits per heavy atom. The van der Waals surface area contributed by atoms with Gasteiger partial charge < -0.3 is 5.32 Å². The zero-order valence-electron chi connectivity index (χ0n) is 8.40. The zero-order chi connectivity index (χ0) is 11.3. The van der Waals surface area contributed by atoms with E-state index in [1.54, 1.807) is 0 Å². The molecule has 6 heteroatoms. The second kappa shape index (κ2) is 5.34. The Morgan fingerprint density at radius 2 is 2.20 bits per heavy atom. The molecular weight excluding hydrogens is 225 g/mol. The lowest BCUT2D eigenvalue weighted by Gasteiger charge is -2.05. The monoisotopic (exact) mass is 238 g/mol. The first kappa shape index (κ1) is 12.3. The third-order valence-electron chi connectivity index (χ3n) is 1.83. The molecule has 0 bridgehead atoms. The normalized spacial score (nSPS) is 11.7. The topological polar surface area (TPSA) is 24.9 Å². The van der Waals surface area contributed by atoms with Crippen LogP contribution in [0.4, 0.5) is 18.3 Å². The van der Waals surface area contributed by atoms with Crippen molar-refractivity contribution in [3.63, 3.8) is 0 Å². The number of halogens is 3. The molecule has 1 aromatic rings. The summed E-state index contributed by atoms with van der Waals surface area (Å²) in [7, 11) is 0. The molecular formula is C9H13F3N2S. The van der Waals surface area contributed by atoms with Crippen LogP contribution >= 0.6 is 11.3 Å². The van der Waals surface area contributed by atoms with Gasteiger partial charge in [0.1, 0.15) is 0 Å². The molecule has 0 saturated carbocycles. The van der Waals surface area contributed by atoms with Crippen LogP contribution in [0.5, 0.6) is 0 Å². The summed E-state index contributed by atoms with van der Waals surface area (Å²) in [4.78, 5) is 4.19. The maximum atomic E-state index is 11.8. The molecule has 0 saturated heterocycles. The summed E-state index contributed by atoms with van der Waals surface area (Å²) in [6.07, 6.45) is -3.86. The van der Waals surface area contributed by atoms with Crippen molar-refractivity contribution in [1.82, 2.24) is 4.98 Å². The minimum Gasteiger partial charge on any atom is -0.362 e. The van der Waals surface area contributed by atoms with Gasteiger partial charge in [-0.1, -0.05) is 6.92 Å². The average molecular weight is 238 g/mol. The lowest BCUT2D eigenvalue weighted by Crippen LogP contribution is -2.10. The van der Waals surface area contributed by atoms with E-state index in [0.29, 0.717) is 11.7 Å². The van der Waals surface area contributed by atoms with Gasteiger partial charge in [0.15, 0.2) is 5.13 Å². The fraction of sp³-hybridized carbons (Fsp3) is 0.667. The average Bonchev–Trinajstić information content (AvgIpc) is 2.59. The molecule has 0 aliphatic carbocycles. The Hall–Kier alpha value is -0.780. The number of nitrogens with one attached hydrogen (secondary N) is 1. The molecule has 0 spiro atoms. The molecule has 0 unspecified atom stereocenters. The van der Waals surface area contributed by atoms with Crippen LogP contribution in [0.3, 0.4) is 0 Å². The third-order valence-corrected chi connectivity index (χ3v) is 2.68. The molecule has 1 heterocycles. The predicted octanol–water partition coefficient (Wildman–Crippen LogP) is 3.46. The quantitative estimate of drug-likeness (QED) is 0.794. The molecule has 0 aromatic carbocycles. The van der Waals surface area contributed by atoms with Crippen LogP contribution in [-0.4, -0.2) is 17.7 Å². The number of rotatable bonds is 5. The molecule has 2 nitrogen and oxygen atoms in total. The lowest BCUT2D eigenvalue weighted by molar-refractivity contribution is -0.134. The van der Waals surface area contributed by atoms with E-state index in [-0.39, 0.29) is 6.42 Å². The molecule has 1 aromatic heterocycles. The van der Waals surface area contributed by atoms with E-state index in [2.05, 4.69) is 10.3 Å². The van der Waals surface area contributed by atoms with Crippen LogP contribution < -0.4 is 5.32 Å². The van der Waals surface area contributed by atoms with Crippen LogP contribution in [0.2, 0.25) is 0 Å². The summed E-state index contributed by atoms with van der Waals surface area (Å²) in [5.74, 6) is 0. The van der Waals surface area contributed by atoms with Gasteiger partial charge in [-0.2, -0.15) is 13.2 Å². The van der Waals surface area contributed by atoms with E-state index in [0.717, 1.165) is 12.1 Å². The molecule has 0 atom stereocenters. The number of nitrogens with zero attached hydrogens (tertiary/aromatic N) is 1. The van der Waals surface area contributed by atoms with E-state index in [4.69, 9.17) is 0 Å².